The number of nitriles is 1. The summed E-state index contributed by atoms with van der Waals surface area (Å²) in [6.45, 7) is 8.95. The minimum atomic E-state index is 0.136. The molecule has 1 aliphatic heterocycles. The topological polar surface area (TPSA) is 36.3 Å². The van der Waals surface area contributed by atoms with Gasteiger partial charge in [-0.25, -0.2) is 0 Å². The summed E-state index contributed by atoms with van der Waals surface area (Å²) in [5.74, 6) is 0.818. The molecule has 1 heterocycles. The molecule has 14 heavy (non-hydrogen) atoms. The maximum atomic E-state index is 8.74. The van der Waals surface area contributed by atoms with Crippen LogP contribution in [0.3, 0.4) is 0 Å². The molecule has 2 unspecified atom stereocenters. The molecule has 0 saturated carbocycles. The van der Waals surface area contributed by atoms with Gasteiger partial charge in [-0.05, 0) is 25.8 Å². The van der Waals surface area contributed by atoms with Gasteiger partial charge in [-0.3, -0.25) is 0 Å². The molecule has 0 aromatic heterocycles. The van der Waals surface area contributed by atoms with Crippen molar-refractivity contribution in [3.63, 3.8) is 0 Å². The molecule has 0 spiro atoms. The average molecular weight is 196 g/mol. The Morgan fingerprint density at radius 2 is 2.43 bits per heavy atom. The molecule has 0 aromatic carbocycles. The summed E-state index contributed by atoms with van der Waals surface area (Å²) in [4.78, 5) is 2.35. The second kappa shape index (κ2) is 6.00. The lowest BCUT2D eigenvalue weighted by Gasteiger charge is -2.24. The molecular weight excluding hydrogens is 176 g/mol. The van der Waals surface area contributed by atoms with E-state index in [9.17, 15) is 0 Å². The van der Waals surface area contributed by atoms with Crippen molar-refractivity contribution in [2.75, 3.05) is 32.8 Å². The van der Waals surface area contributed by atoms with Crippen molar-refractivity contribution in [2.45, 2.75) is 20.3 Å². The van der Waals surface area contributed by atoms with Gasteiger partial charge in [0.1, 0.15) is 0 Å². The number of rotatable bonds is 5. The SMILES string of the molecule is CCN(CC(C)C#N)CC1CCOC1. The summed E-state index contributed by atoms with van der Waals surface area (Å²) in [6, 6.07) is 2.28. The quantitative estimate of drug-likeness (QED) is 0.668. The van der Waals surface area contributed by atoms with Gasteiger partial charge in [-0.1, -0.05) is 6.92 Å². The lowest BCUT2D eigenvalue weighted by atomic mass is 10.1. The van der Waals surface area contributed by atoms with Crippen LogP contribution in [-0.2, 0) is 4.74 Å². The zero-order chi connectivity index (χ0) is 10.4. The highest BCUT2D eigenvalue weighted by Gasteiger charge is 2.19. The molecule has 0 amide bonds. The molecule has 1 aliphatic rings. The van der Waals surface area contributed by atoms with E-state index in [2.05, 4.69) is 17.9 Å². The van der Waals surface area contributed by atoms with Crippen LogP contribution < -0.4 is 0 Å². The summed E-state index contributed by atoms with van der Waals surface area (Å²) in [6.07, 6.45) is 1.18. The van der Waals surface area contributed by atoms with Crippen LogP contribution in [0, 0.1) is 23.2 Å². The summed E-state index contributed by atoms with van der Waals surface area (Å²) < 4.78 is 5.34. The van der Waals surface area contributed by atoms with Gasteiger partial charge in [0.2, 0.25) is 0 Å². The van der Waals surface area contributed by atoms with Crippen LogP contribution in [0.4, 0.5) is 0 Å². The summed E-state index contributed by atoms with van der Waals surface area (Å²) >= 11 is 0. The standard InChI is InChI=1S/C11H20N2O/c1-3-13(7-10(2)6-12)8-11-4-5-14-9-11/h10-11H,3-5,7-9H2,1-2H3. The Hall–Kier alpha value is -0.590. The van der Waals surface area contributed by atoms with E-state index in [1.807, 2.05) is 6.92 Å². The third-order valence-corrected chi connectivity index (χ3v) is 2.74. The largest absolute Gasteiger partial charge is 0.381 e. The van der Waals surface area contributed by atoms with E-state index in [0.717, 1.165) is 32.8 Å². The van der Waals surface area contributed by atoms with Gasteiger partial charge in [-0.2, -0.15) is 5.26 Å². The Labute approximate surface area is 86.6 Å². The molecule has 0 aromatic rings. The molecule has 80 valence electrons. The Morgan fingerprint density at radius 1 is 1.64 bits per heavy atom. The van der Waals surface area contributed by atoms with Gasteiger partial charge >= 0.3 is 0 Å². The normalized spacial score (nSPS) is 23.7. The highest BCUT2D eigenvalue weighted by Crippen LogP contribution is 2.14. The summed E-state index contributed by atoms with van der Waals surface area (Å²) in [5.41, 5.74) is 0. The summed E-state index contributed by atoms with van der Waals surface area (Å²) in [5, 5.41) is 8.74. The fraction of sp³-hybridized carbons (Fsp3) is 0.909. The first kappa shape index (κ1) is 11.5. The van der Waals surface area contributed by atoms with E-state index in [1.165, 1.54) is 6.42 Å². The molecule has 0 N–H and O–H groups in total. The van der Waals surface area contributed by atoms with Gasteiger partial charge in [-0.15, -0.1) is 0 Å². The smallest absolute Gasteiger partial charge is 0.0666 e. The highest BCUT2D eigenvalue weighted by atomic mass is 16.5. The zero-order valence-corrected chi connectivity index (χ0v) is 9.20. The van der Waals surface area contributed by atoms with E-state index < -0.39 is 0 Å². The lowest BCUT2D eigenvalue weighted by molar-refractivity contribution is 0.166. The monoisotopic (exact) mass is 196 g/mol. The van der Waals surface area contributed by atoms with Crippen LogP contribution >= 0.6 is 0 Å². The van der Waals surface area contributed by atoms with E-state index in [1.54, 1.807) is 0 Å². The van der Waals surface area contributed by atoms with Crippen molar-refractivity contribution in [3.05, 3.63) is 0 Å². The molecule has 1 rings (SSSR count). The van der Waals surface area contributed by atoms with Crippen LogP contribution in [0.5, 0.6) is 0 Å². The fourth-order valence-corrected chi connectivity index (χ4v) is 1.85. The minimum Gasteiger partial charge on any atom is -0.381 e. The second-order valence-electron chi connectivity index (χ2n) is 4.11. The Bertz CT molecular complexity index is 194. The van der Waals surface area contributed by atoms with E-state index in [0.29, 0.717) is 5.92 Å². The Kier molecular flexibility index (Phi) is 4.92. The number of hydrogen-bond donors (Lipinski definition) is 0. The van der Waals surface area contributed by atoms with Crippen molar-refractivity contribution in [2.24, 2.45) is 11.8 Å². The molecule has 1 fully saturated rings. The molecule has 1 saturated heterocycles. The predicted octanol–water partition coefficient (Wildman–Crippen LogP) is 1.50. The lowest BCUT2D eigenvalue weighted by Crippen LogP contribution is -2.33. The van der Waals surface area contributed by atoms with E-state index in [-0.39, 0.29) is 5.92 Å². The van der Waals surface area contributed by atoms with Crippen molar-refractivity contribution in [1.29, 1.82) is 5.26 Å². The minimum absolute atomic E-state index is 0.136. The Balaban J connectivity index is 2.27. The molecule has 0 bridgehead atoms. The van der Waals surface area contributed by atoms with Crippen molar-refractivity contribution >= 4 is 0 Å². The van der Waals surface area contributed by atoms with Crippen LogP contribution in [0.1, 0.15) is 20.3 Å². The van der Waals surface area contributed by atoms with Crippen molar-refractivity contribution < 1.29 is 4.74 Å². The van der Waals surface area contributed by atoms with Gasteiger partial charge in [0.05, 0.1) is 18.6 Å². The number of ether oxygens (including phenoxy) is 1. The molecular formula is C11H20N2O. The first-order valence-electron chi connectivity index (χ1n) is 5.46. The average Bonchev–Trinajstić information content (AvgIpc) is 2.69. The molecule has 3 heteroatoms. The number of hydrogen-bond acceptors (Lipinski definition) is 3. The molecule has 0 aliphatic carbocycles. The fourth-order valence-electron chi connectivity index (χ4n) is 1.85. The first-order valence-corrected chi connectivity index (χ1v) is 5.46. The van der Waals surface area contributed by atoms with Gasteiger partial charge in [0, 0.05) is 19.7 Å². The predicted molar refractivity (Wildman–Crippen MR) is 55.8 cm³/mol. The maximum absolute atomic E-state index is 8.74. The third kappa shape index (κ3) is 3.65. The van der Waals surface area contributed by atoms with Crippen molar-refractivity contribution in [1.82, 2.24) is 4.90 Å². The van der Waals surface area contributed by atoms with Gasteiger partial charge in [0.25, 0.3) is 0 Å². The number of nitrogens with zero attached hydrogens (tertiary/aromatic N) is 2. The van der Waals surface area contributed by atoms with Crippen molar-refractivity contribution in [3.8, 4) is 6.07 Å². The second-order valence-corrected chi connectivity index (χ2v) is 4.11. The van der Waals surface area contributed by atoms with E-state index >= 15 is 0 Å². The molecule has 2 atom stereocenters. The van der Waals surface area contributed by atoms with Crippen LogP contribution in [0.2, 0.25) is 0 Å². The van der Waals surface area contributed by atoms with Gasteiger partial charge < -0.3 is 9.64 Å². The first-order chi connectivity index (χ1) is 6.76. The highest BCUT2D eigenvalue weighted by molar-refractivity contribution is 4.82. The molecule has 0 radical (unpaired) electrons. The Morgan fingerprint density at radius 3 is 2.93 bits per heavy atom. The van der Waals surface area contributed by atoms with E-state index in [4.69, 9.17) is 10.00 Å². The third-order valence-electron chi connectivity index (χ3n) is 2.74. The van der Waals surface area contributed by atoms with Crippen LogP contribution in [0.25, 0.3) is 0 Å². The van der Waals surface area contributed by atoms with Gasteiger partial charge in [0.15, 0.2) is 0 Å². The molecule has 3 nitrogen and oxygen atoms in total. The summed E-state index contributed by atoms with van der Waals surface area (Å²) in [7, 11) is 0. The zero-order valence-electron chi connectivity index (χ0n) is 9.20. The maximum Gasteiger partial charge on any atom is 0.0666 e. The van der Waals surface area contributed by atoms with Crippen LogP contribution in [0.15, 0.2) is 0 Å². The van der Waals surface area contributed by atoms with Crippen LogP contribution in [-0.4, -0.2) is 37.7 Å².